The first kappa shape index (κ1) is 12.7. The van der Waals surface area contributed by atoms with Gasteiger partial charge in [0.2, 0.25) is 5.91 Å². The number of para-hydroxylation sites is 2. The molecule has 0 saturated heterocycles. The fraction of sp³-hybridized carbons (Fsp3) is 0.235. The van der Waals surface area contributed by atoms with Crippen LogP contribution < -0.4 is 10.6 Å². The third-order valence-electron chi connectivity index (χ3n) is 3.46. The number of nitrogens with one attached hydrogen (secondary N) is 2. The van der Waals surface area contributed by atoms with Gasteiger partial charge in [0.25, 0.3) is 0 Å². The van der Waals surface area contributed by atoms with E-state index in [4.69, 9.17) is 0 Å². The number of carbonyl (C=O) groups is 1. The van der Waals surface area contributed by atoms with Gasteiger partial charge in [-0.3, -0.25) is 4.79 Å². The van der Waals surface area contributed by atoms with Gasteiger partial charge in [-0.05, 0) is 44.0 Å². The molecule has 0 unspecified atom stereocenters. The highest BCUT2D eigenvalue weighted by atomic mass is 16.2. The molecule has 2 aromatic rings. The highest BCUT2D eigenvalue weighted by molar-refractivity contribution is 5.97. The van der Waals surface area contributed by atoms with Gasteiger partial charge in [0.05, 0.1) is 11.4 Å². The van der Waals surface area contributed by atoms with Crippen molar-refractivity contribution in [3.05, 3.63) is 54.1 Å². The van der Waals surface area contributed by atoms with Crippen LogP contribution in [0.5, 0.6) is 0 Å². The maximum absolute atomic E-state index is 11.9. The quantitative estimate of drug-likeness (QED) is 0.875. The summed E-state index contributed by atoms with van der Waals surface area (Å²) in [7, 11) is 0. The summed E-state index contributed by atoms with van der Waals surface area (Å²) in [6, 6.07) is 16.0. The molecule has 3 rings (SSSR count). The lowest BCUT2D eigenvalue weighted by atomic mass is 10.2. The van der Waals surface area contributed by atoms with Crippen LogP contribution in [0.3, 0.4) is 0 Å². The lowest BCUT2D eigenvalue weighted by Gasteiger charge is -2.13. The fourth-order valence-corrected chi connectivity index (χ4v) is 2.07. The predicted molar refractivity (Wildman–Crippen MR) is 82.3 cm³/mol. The van der Waals surface area contributed by atoms with Gasteiger partial charge >= 0.3 is 0 Å². The van der Waals surface area contributed by atoms with E-state index in [1.165, 1.54) is 5.56 Å². The smallest absolute Gasteiger partial charge is 0.227 e. The molecule has 1 amide bonds. The number of hydrogen-bond acceptors (Lipinski definition) is 2. The average Bonchev–Trinajstić information content (AvgIpc) is 3.28. The molecule has 20 heavy (non-hydrogen) atoms. The van der Waals surface area contributed by atoms with Crippen molar-refractivity contribution in [3.8, 4) is 0 Å². The zero-order valence-corrected chi connectivity index (χ0v) is 11.5. The third-order valence-corrected chi connectivity index (χ3v) is 3.46. The molecule has 2 N–H and O–H groups in total. The first-order valence-corrected chi connectivity index (χ1v) is 6.96. The number of benzene rings is 2. The van der Waals surface area contributed by atoms with E-state index < -0.39 is 0 Å². The maximum atomic E-state index is 11.9. The first-order valence-electron chi connectivity index (χ1n) is 6.96. The Kier molecular flexibility index (Phi) is 3.42. The van der Waals surface area contributed by atoms with Crippen LogP contribution in [0, 0.1) is 12.8 Å². The lowest BCUT2D eigenvalue weighted by Crippen LogP contribution is -2.14. The van der Waals surface area contributed by atoms with Gasteiger partial charge in [-0.1, -0.05) is 29.8 Å². The van der Waals surface area contributed by atoms with Gasteiger partial charge in [-0.2, -0.15) is 0 Å². The summed E-state index contributed by atoms with van der Waals surface area (Å²) in [6.45, 7) is 2.06. The average molecular weight is 266 g/mol. The molecule has 0 aromatic heterocycles. The van der Waals surface area contributed by atoms with E-state index in [9.17, 15) is 4.79 Å². The summed E-state index contributed by atoms with van der Waals surface area (Å²) in [4.78, 5) is 11.9. The summed E-state index contributed by atoms with van der Waals surface area (Å²) in [5.41, 5.74) is 4.00. The van der Waals surface area contributed by atoms with Gasteiger partial charge in [-0.25, -0.2) is 0 Å². The molecule has 0 bridgehead atoms. The second kappa shape index (κ2) is 5.37. The van der Waals surface area contributed by atoms with E-state index in [0.717, 1.165) is 29.9 Å². The van der Waals surface area contributed by atoms with Gasteiger partial charge < -0.3 is 10.6 Å². The van der Waals surface area contributed by atoms with E-state index in [2.05, 4.69) is 29.7 Å². The highest BCUT2D eigenvalue weighted by Gasteiger charge is 2.29. The van der Waals surface area contributed by atoms with Gasteiger partial charge in [0.15, 0.2) is 0 Å². The molecule has 0 heterocycles. The van der Waals surface area contributed by atoms with E-state index in [1.807, 2.05) is 36.4 Å². The summed E-state index contributed by atoms with van der Waals surface area (Å²) in [5.74, 6) is 0.339. The van der Waals surface area contributed by atoms with E-state index in [-0.39, 0.29) is 11.8 Å². The van der Waals surface area contributed by atoms with Gasteiger partial charge in [0, 0.05) is 11.6 Å². The largest absolute Gasteiger partial charge is 0.354 e. The van der Waals surface area contributed by atoms with Crippen molar-refractivity contribution in [2.24, 2.45) is 5.92 Å². The SMILES string of the molecule is Cc1ccc(Nc2ccccc2NC(=O)C2CC2)cc1. The molecule has 1 fully saturated rings. The van der Waals surface area contributed by atoms with Crippen molar-refractivity contribution >= 4 is 23.0 Å². The predicted octanol–water partition coefficient (Wildman–Crippen LogP) is 4.09. The molecule has 0 radical (unpaired) electrons. The maximum Gasteiger partial charge on any atom is 0.227 e. The minimum absolute atomic E-state index is 0.128. The standard InChI is InChI=1S/C17H18N2O/c1-12-6-10-14(11-7-12)18-15-4-2-3-5-16(15)19-17(20)13-8-9-13/h2-7,10-11,13,18H,8-9H2,1H3,(H,19,20). The summed E-state index contributed by atoms with van der Waals surface area (Å²) < 4.78 is 0. The van der Waals surface area contributed by atoms with Crippen LogP contribution >= 0.6 is 0 Å². The van der Waals surface area contributed by atoms with Crippen molar-refractivity contribution in [2.45, 2.75) is 19.8 Å². The van der Waals surface area contributed by atoms with Crippen LogP contribution in [0.25, 0.3) is 0 Å². The zero-order valence-electron chi connectivity index (χ0n) is 11.5. The highest BCUT2D eigenvalue weighted by Crippen LogP contribution is 2.32. The molecule has 1 aliphatic carbocycles. The Morgan fingerprint density at radius 2 is 1.65 bits per heavy atom. The fourth-order valence-electron chi connectivity index (χ4n) is 2.07. The number of carbonyl (C=O) groups excluding carboxylic acids is 1. The van der Waals surface area contributed by atoms with Crippen LogP contribution in [0.4, 0.5) is 17.1 Å². The molecule has 1 aliphatic rings. The molecule has 0 atom stereocenters. The molecule has 0 aliphatic heterocycles. The number of rotatable bonds is 4. The second-order valence-electron chi connectivity index (χ2n) is 5.30. The summed E-state index contributed by atoms with van der Waals surface area (Å²) in [6.07, 6.45) is 2.03. The Labute approximate surface area is 119 Å². The van der Waals surface area contributed by atoms with Crippen molar-refractivity contribution in [3.63, 3.8) is 0 Å². The Morgan fingerprint density at radius 3 is 2.30 bits per heavy atom. The topological polar surface area (TPSA) is 41.1 Å². The van der Waals surface area contributed by atoms with Crippen LogP contribution in [-0.2, 0) is 4.79 Å². The molecule has 0 spiro atoms. The molecule has 2 aromatic carbocycles. The van der Waals surface area contributed by atoms with Crippen LogP contribution in [0.2, 0.25) is 0 Å². The van der Waals surface area contributed by atoms with Crippen LogP contribution in [0.15, 0.2) is 48.5 Å². The minimum atomic E-state index is 0.128. The Hall–Kier alpha value is -2.29. The number of hydrogen-bond donors (Lipinski definition) is 2. The first-order chi connectivity index (χ1) is 9.72. The Morgan fingerprint density at radius 1 is 1.00 bits per heavy atom. The molecular weight excluding hydrogens is 248 g/mol. The molecule has 102 valence electrons. The third kappa shape index (κ3) is 2.99. The van der Waals surface area contributed by atoms with Gasteiger partial charge in [-0.15, -0.1) is 0 Å². The normalized spacial score (nSPS) is 13.8. The molecule has 1 saturated carbocycles. The van der Waals surface area contributed by atoms with Crippen molar-refractivity contribution in [1.82, 2.24) is 0 Å². The molecule has 3 heteroatoms. The number of aryl methyl sites for hydroxylation is 1. The van der Waals surface area contributed by atoms with E-state index in [0.29, 0.717) is 0 Å². The summed E-state index contributed by atoms with van der Waals surface area (Å²) in [5, 5.41) is 6.35. The van der Waals surface area contributed by atoms with Crippen LogP contribution in [-0.4, -0.2) is 5.91 Å². The second-order valence-corrected chi connectivity index (χ2v) is 5.30. The monoisotopic (exact) mass is 266 g/mol. The molecular formula is C17H18N2O. The van der Waals surface area contributed by atoms with Gasteiger partial charge in [0.1, 0.15) is 0 Å². The number of amides is 1. The van der Waals surface area contributed by atoms with Crippen molar-refractivity contribution in [1.29, 1.82) is 0 Å². The van der Waals surface area contributed by atoms with E-state index in [1.54, 1.807) is 0 Å². The molecule has 3 nitrogen and oxygen atoms in total. The zero-order chi connectivity index (χ0) is 13.9. The lowest BCUT2D eigenvalue weighted by molar-refractivity contribution is -0.117. The minimum Gasteiger partial charge on any atom is -0.354 e. The van der Waals surface area contributed by atoms with E-state index >= 15 is 0 Å². The van der Waals surface area contributed by atoms with Crippen molar-refractivity contribution in [2.75, 3.05) is 10.6 Å². The van der Waals surface area contributed by atoms with Crippen molar-refractivity contribution < 1.29 is 4.79 Å². The summed E-state index contributed by atoms with van der Waals surface area (Å²) >= 11 is 0. The Bertz CT molecular complexity index is 615. The number of anilines is 3. The Balaban J connectivity index is 1.78. The van der Waals surface area contributed by atoms with Crippen LogP contribution in [0.1, 0.15) is 18.4 Å².